The van der Waals surface area contributed by atoms with Gasteiger partial charge >= 0.3 is 35.8 Å². The molecule has 0 aliphatic heterocycles. The third kappa shape index (κ3) is 2.69. The minimum Gasteiger partial charge on any atom is -0.236 e. The molecule has 22 heavy (non-hydrogen) atoms. The van der Waals surface area contributed by atoms with Crippen molar-refractivity contribution in [2.24, 2.45) is 0 Å². The van der Waals surface area contributed by atoms with Crippen LogP contribution in [-0.4, -0.2) is 42.4 Å². The van der Waals surface area contributed by atoms with Crippen molar-refractivity contribution >= 4 is 0 Å². The van der Waals surface area contributed by atoms with Gasteiger partial charge in [-0.25, -0.2) is 5.11 Å². The maximum atomic E-state index is 12.8. The van der Waals surface area contributed by atoms with E-state index < -0.39 is 48.8 Å². The highest BCUT2D eigenvalue weighted by atomic mass is 19.4. The Hall–Kier alpha value is -0.950. The van der Waals surface area contributed by atoms with E-state index in [-0.39, 0.29) is 0 Å². The van der Waals surface area contributed by atoms with Gasteiger partial charge in [0.15, 0.2) is 0 Å². The molecule has 0 aromatic carbocycles. The summed E-state index contributed by atoms with van der Waals surface area (Å²) in [5.74, 6) is -37.0. The second-order valence-corrected chi connectivity index (χ2v) is 3.95. The minimum absolute atomic E-state index is 2.21. The molecule has 0 N–H and O–H groups in total. The fraction of sp³-hybridized carbons (Fsp3) is 1.00. The van der Waals surface area contributed by atoms with Crippen LogP contribution in [0.5, 0.6) is 0 Å². The van der Waals surface area contributed by atoms with E-state index in [1.807, 2.05) is 0 Å². The van der Waals surface area contributed by atoms with Crippen LogP contribution in [0.2, 0.25) is 0 Å². The van der Waals surface area contributed by atoms with Crippen molar-refractivity contribution in [3.63, 3.8) is 0 Å². The maximum Gasteiger partial charge on any atom is 0.460 e. The molecule has 0 aliphatic carbocycles. The van der Waals surface area contributed by atoms with E-state index in [0.29, 0.717) is 0 Å². The first-order valence-corrected chi connectivity index (χ1v) is 4.85. The molecular formula is C8H4F13O. The molecule has 1 nitrogen and oxygen atoms in total. The summed E-state index contributed by atoms with van der Waals surface area (Å²) < 4.78 is 161. The molecule has 0 spiro atoms. The standard InChI is InChI=1S/C8H4F13O/c9-3(10,1-2-22)4(11,12)5(13,14)6(15,16)7(17,18)8(19,20)21/h1-2H2. The van der Waals surface area contributed by atoms with Crippen molar-refractivity contribution in [1.82, 2.24) is 0 Å². The number of alkyl halides is 13. The predicted octanol–water partition coefficient (Wildman–Crippen LogP) is 4.55. The molecule has 0 rings (SSSR count). The number of halogens is 13. The van der Waals surface area contributed by atoms with E-state index in [0.717, 1.165) is 0 Å². The van der Waals surface area contributed by atoms with Gasteiger partial charge in [-0.05, 0) is 0 Å². The Morgan fingerprint density at radius 2 is 0.818 bits per heavy atom. The average Bonchev–Trinajstić information content (AvgIpc) is 2.26. The summed E-state index contributed by atoms with van der Waals surface area (Å²) in [6, 6.07) is 0. The van der Waals surface area contributed by atoms with Crippen molar-refractivity contribution in [1.29, 1.82) is 0 Å². The summed E-state index contributed by atoms with van der Waals surface area (Å²) >= 11 is 0. The van der Waals surface area contributed by atoms with Crippen molar-refractivity contribution in [2.75, 3.05) is 6.61 Å². The third-order valence-electron chi connectivity index (χ3n) is 2.41. The van der Waals surface area contributed by atoms with E-state index in [4.69, 9.17) is 0 Å². The molecule has 133 valence electrons. The molecule has 0 fully saturated rings. The number of hydrogen-bond donors (Lipinski definition) is 0. The molecule has 0 aromatic rings. The van der Waals surface area contributed by atoms with Crippen molar-refractivity contribution in [3.8, 4) is 0 Å². The first kappa shape index (κ1) is 21.0. The zero-order valence-electron chi connectivity index (χ0n) is 9.74. The van der Waals surface area contributed by atoms with Crippen molar-refractivity contribution < 1.29 is 62.2 Å². The van der Waals surface area contributed by atoms with Crippen LogP contribution >= 0.6 is 0 Å². The van der Waals surface area contributed by atoms with Crippen molar-refractivity contribution in [3.05, 3.63) is 0 Å². The van der Waals surface area contributed by atoms with Crippen molar-refractivity contribution in [2.45, 2.75) is 42.2 Å². The van der Waals surface area contributed by atoms with Gasteiger partial charge in [0.2, 0.25) is 0 Å². The molecule has 0 heterocycles. The zero-order valence-corrected chi connectivity index (χ0v) is 9.74. The smallest absolute Gasteiger partial charge is 0.236 e. The molecule has 0 aromatic heterocycles. The van der Waals surface area contributed by atoms with Gasteiger partial charge in [0, 0.05) is 6.42 Å². The van der Waals surface area contributed by atoms with Gasteiger partial charge < -0.3 is 0 Å². The highest BCUT2D eigenvalue weighted by Crippen LogP contribution is 2.60. The molecule has 0 aliphatic rings. The predicted molar refractivity (Wildman–Crippen MR) is 41.0 cm³/mol. The first-order valence-electron chi connectivity index (χ1n) is 4.85. The highest BCUT2D eigenvalue weighted by Gasteiger charge is 2.90. The van der Waals surface area contributed by atoms with E-state index in [9.17, 15) is 62.2 Å². The summed E-state index contributed by atoms with van der Waals surface area (Å²) in [6.07, 6.45) is -10.1. The largest absolute Gasteiger partial charge is 0.460 e. The maximum absolute atomic E-state index is 12.8. The lowest BCUT2D eigenvalue weighted by Gasteiger charge is -2.39. The Morgan fingerprint density at radius 3 is 1.09 bits per heavy atom. The monoisotopic (exact) mass is 363 g/mol. The molecule has 0 amide bonds. The lowest BCUT2D eigenvalue weighted by Crippen LogP contribution is -2.70. The Bertz CT molecular complexity index is 395. The van der Waals surface area contributed by atoms with E-state index >= 15 is 0 Å². The van der Waals surface area contributed by atoms with Gasteiger partial charge in [0.25, 0.3) is 0 Å². The SMILES string of the molecule is [O]CCC(F)(F)C(F)(F)C(F)(F)C(F)(F)C(F)(F)C(F)(F)F. The molecule has 1 radical (unpaired) electrons. The van der Waals surface area contributed by atoms with Gasteiger partial charge in [-0.1, -0.05) is 0 Å². The van der Waals surface area contributed by atoms with Crippen LogP contribution in [0.1, 0.15) is 6.42 Å². The Morgan fingerprint density at radius 1 is 0.500 bits per heavy atom. The fourth-order valence-electron chi connectivity index (χ4n) is 1.09. The molecule has 0 saturated heterocycles. The second-order valence-electron chi connectivity index (χ2n) is 3.95. The van der Waals surface area contributed by atoms with Crippen LogP contribution in [0, 0.1) is 0 Å². The van der Waals surface area contributed by atoms with Crippen LogP contribution in [0.15, 0.2) is 0 Å². The van der Waals surface area contributed by atoms with Gasteiger partial charge in [0.05, 0.1) is 6.61 Å². The van der Waals surface area contributed by atoms with Crippen LogP contribution in [0.25, 0.3) is 0 Å². The zero-order chi connectivity index (χ0) is 18.4. The summed E-state index contributed by atoms with van der Waals surface area (Å²) in [4.78, 5) is 0. The molecule has 0 unspecified atom stereocenters. The minimum atomic E-state index is -7.91. The van der Waals surface area contributed by atoms with E-state index in [2.05, 4.69) is 0 Å². The molecule has 0 atom stereocenters. The van der Waals surface area contributed by atoms with Gasteiger partial charge in [-0.2, -0.15) is 57.1 Å². The lowest BCUT2D eigenvalue weighted by atomic mass is 9.93. The normalized spacial score (nSPS) is 16.1. The number of hydrogen-bond acceptors (Lipinski definition) is 0. The second kappa shape index (κ2) is 5.30. The summed E-state index contributed by atoms with van der Waals surface area (Å²) in [5, 5.41) is 9.75. The first-order chi connectivity index (χ1) is 9.31. The van der Waals surface area contributed by atoms with E-state index in [1.54, 1.807) is 0 Å². The number of rotatable bonds is 6. The average molecular weight is 363 g/mol. The Labute approximate surface area is 112 Å². The summed E-state index contributed by atoms with van der Waals surface area (Å²) in [7, 11) is 0. The van der Waals surface area contributed by atoms with Gasteiger partial charge in [0.1, 0.15) is 0 Å². The van der Waals surface area contributed by atoms with Crippen LogP contribution in [0.4, 0.5) is 57.1 Å². The van der Waals surface area contributed by atoms with Gasteiger partial charge in [-0.3, -0.25) is 0 Å². The molecule has 14 heteroatoms. The molecule has 0 saturated carbocycles. The fourth-order valence-corrected chi connectivity index (χ4v) is 1.09. The quantitative estimate of drug-likeness (QED) is 0.618. The van der Waals surface area contributed by atoms with Gasteiger partial charge in [-0.15, -0.1) is 0 Å². The topological polar surface area (TPSA) is 19.9 Å². The van der Waals surface area contributed by atoms with E-state index in [1.165, 1.54) is 0 Å². The Kier molecular flexibility index (Phi) is 5.07. The Balaban J connectivity index is 6.11. The third-order valence-corrected chi connectivity index (χ3v) is 2.41. The molecule has 0 bridgehead atoms. The highest BCUT2D eigenvalue weighted by molar-refractivity contribution is 5.10. The molecular weight excluding hydrogens is 359 g/mol. The van der Waals surface area contributed by atoms with Crippen LogP contribution in [-0.2, 0) is 5.11 Å². The van der Waals surface area contributed by atoms with Crippen LogP contribution < -0.4 is 0 Å². The van der Waals surface area contributed by atoms with Crippen LogP contribution in [0.3, 0.4) is 0 Å². The summed E-state index contributed by atoms with van der Waals surface area (Å²) in [5.41, 5.74) is 0. The summed E-state index contributed by atoms with van der Waals surface area (Å²) in [6.45, 7) is -2.21. The lowest BCUT2D eigenvalue weighted by molar-refractivity contribution is -0.440.